The molecule has 1 rings (SSSR count). The normalized spacial score (nSPS) is 13.2. The van der Waals surface area contributed by atoms with E-state index in [1.807, 2.05) is 0 Å². The van der Waals surface area contributed by atoms with E-state index in [0.29, 0.717) is 0 Å². The third kappa shape index (κ3) is 3.51. The van der Waals surface area contributed by atoms with Crippen LogP contribution in [0.5, 0.6) is 5.75 Å². The van der Waals surface area contributed by atoms with E-state index in [1.165, 1.54) is 0 Å². The van der Waals surface area contributed by atoms with Crippen LogP contribution in [0.3, 0.4) is 0 Å². The van der Waals surface area contributed by atoms with Crippen LogP contribution >= 0.6 is 0 Å². The van der Waals surface area contributed by atoms with Gasteiger partial charge in [-0.1, -0.05) is 0 Å². The molecule has 0 saturated heterocycles. The summed E-state index contributed by atoms with van der Waals surface area (Å²) in [5, 5.41) is 10.5. The molecule has 2 N–H and O–H groups in total. The zero-order chi connectivity index (χ0) is 13.2. The quantitative estimate of drug-likeness (QED) is 0.508. The van der Waals surface area contributed by atoms with Crippen molar-refractivity contribution in [1.82, 2.24) is 0 Å². The van der Waals surface area contributed by atoms with Gasteiger partial charge in [-0.15, -0.1) is 0 Å². The average molecular weight is 250 g/mol. The van der Waals surface area contributed by atoms with Gasteiger partial charge in [-0.2, -0.15) is 13.2 Å². The Morgan fingerprint density at radius 2 is 2.00 bits per heavy atom. The van der Waals surface area contributed by atoms with E-state index >= 15 is 0 Å². The monoisotopic (exact) mass is 250 g/mol. The molecule has 8 heteroatoms. The molecule has 1 aromatic carbocycles. The third-order valence-electron chi connectivity index (χ3n) is 1.90. The van der Waals surface area contributed by atoms with Crippen molar-refractivity contribution in [2.45, 2.75) is 19.2 Å². The van der Waals surface area contributed by atoms with Crippen LogP contribution in [0.2, 0.25) is 0 Å². The number of ether oxygens (including phenoxy) is 1. The number of alkyl halides is 3. The molecule has 0 aliphatic rings. The van der Waals surface area contributed by atoms with Crippen LogP contribution in [-0.2, 0) is 0 Å². The number of nitro groups is 1. The van der Waals surface area contributed by atoms with E-state index in [2.05, 4.69) is 4.74 Å². The Labute approximate surface area is 94.1 Å². The highest BCUT2D eigenvalue weighted by atomic mass is 19.4. The van der Waals surface area contributed by atoms with Gasteiger partial charge in [0.25, 0.3) is 5.69 Å². The molecule has 0 aliphatic heterocycles. The summed E-state index contributed by atoms with van der Waals surface area (Å²) in [6, 6.07) is 3.01. The molecular weight excluding hydrogens is 241 g/mol. The molecule has 0 saturated carbocycles. The predicted molar refractivity (Wildman–Crippen MR) is 53.7 cm³/mol. The number of hydrogen-bond acceptors (Lipinski definition) is 4. The van der Waals surface area contributed by atoms with Crippen LogP contribution in [-0.4, -0.2) is 17.2 Å². The molecular formula is C9H9F3N2O3. The van der Waals surface area contributed by atoms with Gasteiger partial charge in [0.05, 0.1) is 11.0 Å². The lowest BCUT2D eigenvalue weighted by molar-refractivity contribution is -0.384. The van der Waals surface area contributed by atoms with Crippen molar-refractivity contribution in [3.05, 3.63) is 28.3 Å². The Balaban J connectivity index is 2.96. The number of nitrogen functional groups attached to an aromatic ring is 1. The highest BCUT2D eigenvalue weighted by Crippen LogP contribution is 2.29. The minimum atomic E-state index is -4.54. The fourth-order valence-corrected chi connectivity index (χ4v) is 1.05. The molecule has 0 spiro atoms. The Bertz CT molecular complexity index is 434. The van der Waals surface area contributed by atoms with Gasteiger partial charge in [0.15, 0.2) is 6.10 Å². The summed E-state index contributed by atoms with van der Waals surface area (Å²) in [7, 11) is 0. The summed E-state index contributed by atoms with van der Waals surface area (Å²) >= 11 is 0. The number of hydrogen-bond donors (Lipinski definition) is 1. The van der Waals surface area contributed by atoms with Crippen LogP contribution in [0.1, 0.15) is 6.92 Å². The van der Waals surface area contributed by atoms with Gasteiger partial charge in [0.2, 0.25) is 0 Å². The van der Waals surface area contributed by atoms with Crippen LogP contribution in [0.15, 0.2) is 18.2 Å². The van der Waals surface area contributed by atoms with Gasteiger partial charge in [-0.3, -0.25) is 10.1 Å². The maximum atomic E-state index is 12.2. The molecule has 1 aromatic rings. The summed E-state index contributed by atoms with van der Waals surface area (Å²) in [6.07, 6.45) is -6.61. The van der Waals surface area contributed by atoms with E-state index in [4.69, 9.17) is 5.73 Å². The summed E-state index contributed by atoms with van der Waals surface area (Å²) in [5.41, 5.74) is 4.86. The molecule has 0 aromatic heterocycles. The number of nitrogens with zero attached hydrogens (tertiary/aromatic N) is 1. The van der Waals surface area contributed by atoms with Crippen LogP contribution < -0.4 is 10.5 Å². The molecule has 1 unspecified atom stereocenters. The Hall–Kier alpha value is -1.99. The first-order chi connectivity index (χ1) is 7.70. The van der Waals surface area contributed by atoms with E-state index < -0.39 is 22.9 Å². The molecule has 0 fully saturated rings. The molecule has 1 atom stereocenters. The first kappa shape index (κ1) is 13.1. The van der Waals surface area contributed by atoms with E-state index in [1.54, 1.807) is 0 Å². The van der Waals surface area contributed by atoms with Gasteiger partial charge < -0.3 is 10.5 Å². The van der Waals surface area contributed by atoms with Crippen molar-refractivity contribution in [2.75, 3.05) is 5.73 Å². The lowest BCUT2D eigenvalue weighted by Gasteiger charge is -2.17. The van der Waals surface area contributed by atoms with Gasteiger partial charge in [-0.05, 0) is 6.92 Å². The number of benzene rings is 1. The lowest BCUT2D eigenvalue weighted by atomic mass is 10.2. The number of halogens is 3. The highest BCUT2D eigenvalue weighted by molar-refractivity contribution is 5.53. The minimum Gasteiger partial charge on any atom is -0.481 e. The van der Waals surface area contributed by atoms with Crippen molar-refractivity contribution in [2.24, 2.45) is 0 Å². The van der Waals surface area contributed by atoms with E-state index in [9.17, 15) is 23.3 Å². The molecule has 0 bridgehead atoms. The number of non-ortho nitro benzene ring substituents is 1. The van der Waals surface area contributed by atoms with Crippen molar-refractivity contribution < 1.29 is 22.8 Å². The molecule has 0 radical (unpaired) electrons. The second kappa shape index (κ2) is 4.48. The second-order valence-corrected chi connectivity index (χ2v) is 3.32. The number of nitrogens with two attached hydrogens (primary N) is 1. The number of anilines is 1. The van der Waals surface area contributed by atoms with Crippen LogP contribution in [0, 0.1) is 10.1 Å². The average Bonchev–Trinajstić information content (AvgIpc) is 2.14. The maximum Gasteiger partial charge on any atom is 0.425 e. The molecule has 0 amide bonds. The largest absolute Gasteiger partial charge is 0.481 e. The number of rotatable bonds is 3. The fourth-order valence-electron chi connectivity index (χ4n) is 1.05. The topological polar surface area (TPSA) is 78.4 Å². The zero-order valence-corrected chi connectivity index (χ0v) is 8.69. The summed E-state index contributed by atoms with van der Waals surface area (Å²) in [4.78, 5) is 9.70. The standard InChI is InChI=1S/C9H9F3N2O3/c1-5(9(10,11)12)17-8-3-6(13)2-7(4-8)14(15)16/h2-5H,13H2,1H3. The van der Waals surface area contributed by atoms with E-state index in [0.717, 1.165) is 25.1 Å². The maximum absolute atomic E-state index is 12.2. The predicted octanol–water partition coefficient (Wildman–Crippen LogP) is 2.51. The van der Waals surface area contributed by atoms with Crippen molar-refractivity contribution in [3.8, 4) is 5.75 Å². The van der Waals surface area contributed by atoms with Gasteiger partial charge in [0.1, 0.15) is 5.75 Å². The SMILES string of the molecule is CC(Oc1cc(N)cc([N+](=O)[O-])c1)C(F)(F)F. The van der Waals surface area contributed by atoms with Crippen molar-refractivity contribution >= 4 is 11.4 Å². The highest BCUT2D eigenvalue weighted by Gasteiger charge is 2.38. The summed E-state index contributed by atoms with van der Waals surface area (Å²) in [6.45, 7) is 0.801. The van der Waals surface area contributed by atoms with Crippen molar-refractivity contribution in [3.63, 3.8) is 0 Å². The van der Waals surface area contributed by atoms with Crippen LogP contribution in [0.4, 0.5) is 24.5 Å². The minimum absolute atomic E-state index is 0.0384. The smallest absolute Gasteiger partial charge is 0.425 e. The second-order valence-electron chi connectivity index (χ2n) is 3.32. The molecule has 94 valence electrons. The Morgan fingerprint density at radius 1 is 1.41 bits per heavy atom. The third-order valence-corrected chi connectivity index (χ3v) is 1.90. The first-order valence-corrected chi connectivity index (χ1v) is 4.48. The molecule has 0 heterocycles. The zero-order valence-electron chi connectivity index (χ0n) is 8.69. The molecule has 0 aliphatic carbocycles. The van der Waals surface area contributed by atoms with Gasteiger partial charge in [-0.25, -0.2) is 0 Å². The Kier molecular flexibility index (Phi) is 3.45. The summed E-state index contributed by atoms with van der Waals surface area (Å²) < 4.78 is 41.2. The van der Waals surface area contributed by atoms with Gasteiger partial charge in [0, 0.05) is 17.8 Å². The number of nitro benzene ring substituents is 1. The van der Waals surface area contributed by atoms with Crippen LogP contribution in [0.25, 0.3) is 0 Å². The van der Waals surface area contributed by atoms with Gasteiger partial charge >= 0.3 is 6.18 Å². The Morgan fingerprint density at radius 3 is 2.47 bits per heavy atom. The summed E-state index contributed by atoms with van der Waals surface area (Å²) in [5.74, 6) is -0.290. The fraction of sp³-hybridized carbons (Fsp3) is 0.333. The molecule has 17 heavy (non-hydrogen) atoms. The molecule has 5 nitrogen and oxygen atoms in total. The lowest BCUT2D eigenvalue weighted by Crippen LogP contribution is -2.31. The van der Waals surface area contributed by atoms with Crippen molar-refractivity contribution in [1.29, 1.82) is 0 Å². The first-order valence-electron chi connectivity index (χ1n) is 4.48. The van der Waals surface area contributed by atoms with E-state index in [-0.39, 0.29) is 11.4 Å².